The lowest BCUT2D eigenvalue weighted by atomic mass is 9.71. The van der Waals surface area contributed by atoms with Crippen LogP contribution >= 0.6 is 12.4 Å². The van der Waals surface area contributed by atoms with Crippen LogP contribution in [0.2, 0.25) is 0 Å². The number of carbonyl (C=O) groups excluding carboxylic acids is 2. The number of carbonyl (C=O) groups is 3. The molecule has 3 N–H and O–H groups in total. The van der Waals surface area contributed by atoms with Crippen molar-refractivity contribution in [2.24, 2.45) is 5.92 Å². The minimum Gasteiger partial charge on any atom is -0.480 e. The Balaban J connectivity index is 0.00000320. The first-order chi connectivity index (χ1) is 13.8. The first-order valence-corrected chi connectivity index (χ1v) is 10.5. The SMILES string of the molecule is CC(C)C(NC(=O)C1(c2ccccc2)CCN(C(=O)C2CCCN2)CC1)C(=O)O.Cl. The molecular weight excluding hydrogens is 406 g/mol. The van der Waals surface area contributed by atoms with Crippen LogP contribution in [0, 0.1) is 5.92 Å². The molecule has 2 amide bonds. The van der Waals surface area contributed by atoms with Gasteiger partial charge in [0.15, 0.2) is 0 Å². The number of carboxylic acid groups (broad SMARTS) is 1. The lowest BCUT2D eigenvalue weighted by Crippen LogP contribution is -2.57. The number of halogens is 1. The highest BCUT2D eigenvalue weighted by molar-refractivity contribution is 5.92. The number of nitrogens with zero attached hydrogens (tertiary/aromatic N) is 1. The van der Waals surface area contributed by atoms with E-state index in [2.05, 4.69) is 10.6 Å². The van der Waals surface area contributed by atoms with Gasteiger partial charge in [-0.05, 0) is 43.7 Å². The molecule has 2 atom stereocenters. The van der Waals surface area contributed by atoms with Crippen LogP contribution < -0.4 is 10.6 Å². The summed E-state index contributed by atoms with van der Waals surface area (Å²) in [6, 6.07) is 8.45. The third-order valence-electron chi connectivity index (χ3n) is 6.27. The van der Waals surface area contributed by atoms with E-state index in [1.54, 1.807) is 13.8 Å². The van der Waals surface area contributed by atoms with Gasteiger partial charge in [0.25, 0.3) is 0 Å². The van der Waals surface area contributed by atoms with Crippen LogP contribution in [0.3, 0.4) is 0 Å². The van der Waals surface area contributed by atoms with Crippen LogP contribution in [0.15, 0.2) is 30.3 Å². The fourth-order valence-corrected chi connectivity index (χ4v) is 4.42. The molecule has 1 aromatic carbocycles. The fourth-order valence-electron chi connectivity index (χ4n) is 4.42. The monoisotopic (exact) mass is 437 g/mol. The Morgan fingerprint density at radius 1 is 1.17 bits per heavy atom. The fraction of sp³-hybridized carbons (Fsp3) is 0.591. The quantitative estimate of drug-likeness (QED) is 0.631. The number of piperidine rings is 1. The molecule has 3 rings (SSSR count). The van der Waals surface area contributed by atoms with Crippen molar-refractivity contribution in [3.05, 3.63) is 35.9 Å². The summed E-state index contributed by atoms with van der Waals surface area (Å²) in [5.74, 6) is -1.41. The Bertz CT molecular complexity index is 742. The predicted molar refractivity (Wildman–Crippen MR) is 117 cm³/mol. The average molecular weight is 438 g/mol. The van der Waals surface area contributed by atoms with Crippen molar-refractivity contribution < 1.29 is 19.5 Å². The van der Waals surface area contributed by atoms with Crippen molar-refractivity contribution in [2.45, 2.75) is 57.0 Å². The van der Waals surface area contributed by atoms with Gasteiger partial charge in [0.05, 0.1) is 11.5 Å². The molecule has 2 fully saturated rings. The molecule has 0 aromatic heterocycles. The summed E-state index contributed by atoms with van der Waals surface area (Å²) in [6.07, 6.45) is 2.82. The summed E-state index contributed by atoms with van der Waals surface area (Å²) >= 11 is 0. The third kappa shape index (κ3) is 4.95. The summed E-state index contributed by atoms with van der Waals surface area (Å²) in [5.41, 5.74) is 0.0421. The van der Waals surface area contributed by atoms with Crippen molar-refractivity contribution in [1.82, 2.24) is 15.5 Å². The second-order valence-corrected chi connectivity index (χ2v) is 8.46. The highest BCUT2D eigenvalue weighted by Crippen LogP contribution is 2.36. The molecule has 2 saturated heterocycles. The first kappa shape index (κ1) is 24.2. The zero-order valence-corrected chi connectivity index (χ0v) is 18.4. The summed E-state index contributed by atoms with van der Waals surface area (Å²) in [4.78, 5) is 39.6. The molecule has 0 spiro atoms. The van der Waals surface area contributed by atoms with E-state index < -0.39 is 17.4 Å². The number of amides is 2. The summed E-state index contributed by atoms with van der Waals surface area (Å²) in [5, 5.41) is 15.5. The van der Waals surface area contributed by atoms with Crippen LogP contribution in [0.5, 0.6) is 0 Å². The van der Waals surface area contributed by atoms with Gasteiger partial charge in [0, 0.05) is 13.1 Å². The smallest absolute Gasteiger partial charge is 0.326 e. The van der Waals surface area contributed by atoms with E-state index in [0.29, 0.717) is 25.9 Å². The molecule has 0 saturated carbocycles. The Labute approximate surface area is 184 Å². The van der Waals surface area contributed by atoms with Crippen molar-refractivity contribution in [2.75, 3.05) is 19.6 Å². The molecule has 166 valence electrons. The van der Waals surface area contributed by atoms with Gasteiger partial charge in [0.2, 0.25) is 11.8 Å². The maximum Gasteiger partial charge on any atom is 0.326 e. The second kappa shape index (κ2) is 10.3. The van der Waals surface area contributed by atoms with E-state index in [0.717, 1.165) is 24.9 Å². The molecule has 0 radical (unpaired) electrons. The van der Waals surface area contributed by atoms with Crippen LogP contribution in [0.25, 0.3) is 0 Å². The van der Waals surface area contributed by atoms with E-state index in [9.17, 15) is 19.5 Å². The van der Waals surface area contributed by atoms with Gasteiger partial charge in [-0.3, -0.25) is 9.59 Å². The number of rotatable bonds is 6. The molecular formula is C22H32ClN3O4. The van der Waals surface area contributed by atoms with Gasteiger partial charge >= 0.3 is 5.97 Å². The Morgan fingerprint density at radius 3 is 2.30 bits per heavy atom. The summed E-state index contributed by atoms with van der Waals surface area (Å²) in [7, 11) is 0. The molecule has 7 nitrogen and oxygen atoms in total. The lowest BCUT2D eigenvalue weighted by molar-refractivity contribution is -0.145. The molecule has 2 unspecified atom stereocenters. The van der Waals surface area contributed by atoms with Gasteiger partial charge in [-0.25, -0.2) is 4.79 Å². The zero-order chi connectivity index (χ0) is 21.0. The van der Waals surface area contributed by atoms with Crippen LogP contribution in [-0.4, -0.2) is 59.5 Å². The molecule has 2 heterocycles. The topological polar surface area (TPSA) is 98.7 Å². The molecule has 8 heteroatoms. The number of carboxylic acids is 1. The van der Waals surface area contributed by atoms with E-state index in [1.165, 1.54) is 0 Å². The van der Waals surface area contributed by atoms with Crippen molar-refractivity contribution in [3.63, 3.8) is 0 Å². The standard InChI is InChI=1S/C22H31N3O4.ClH/c1-15(2)18(20(27)28)24-21(29)22(16-7-4-3-5-8-16)10-13-25(14-11-22)19(26)17-9-6-12-23-17;/h3-5,7-8,15,17-18,23H,6,9-14H2,1-2H3,(H,24,29)(H,27,28);1H. The highest BCUT2D eigenvalue weighted by atomic mass is 35.5. The van der Waals surface area contributed by atoms with Gasteiger partial charge in [-0.1, -0.05) is 44.2 Å². The predicted octanol–water partition coefficient (Wildman–Crippen LogP) is 1.95. The zero-order valence-electron chi connectivity index (χ0n) is 17.6. The van der Waals surface area contributed by atoms with Gasteiger partial charge in [-0.2, -0.15) is 0 Å². The average Bonchev–Trinajstić information content (AvgIpc) is 3.26. The number of hydrogen-bond acceptors (Lipinski definition) is 4. The Hall–Kier alpha value is -2.12. The van der Waals surface area contributed by atoms with Gasteiger partial charge < -0.3 is 20.6 Å². The van der Waals surface area contributed by atoms with Crippen LogP contribution in [0.4, 0.5) is 0 Å². The van der Waals surface area contributed by atoms with Gasteiger partial charge in [0.1, 0.15) is 6.04 Å². The summed E-state index contributed by atoms with van der Waals surface area (Å²) < 4.78 is 0. The maximum atomic E-state index is 13.4. The number of likely N-dealkylation sites (tertiary alicyclic amines) is 1. The van der Waals surface area contributed by atoms with Crippen LogP contribution in [0.1, 0.15) is 45.1 Å². The molecule has 2 aliphatic heterocycles. The number of hydrogen-bond donors (Lipinski definition) is 3. The number of aliphatic carboxylic acids is 1. The Kier molecular flexibility index (Phi) is 8.26. The first-order valence-electron chi connectivity index (χ1n) is 10.5. The summed E-state index contributed by atoms with van der Waals surface area (Å²) in [6.45, 7) is 5.40. The maximum absolute atomic E-state index is 13.4. The van der Waals surface area contributed by atoms with E-state index in [4.69, 9.17) is 0 Å². The largest absolute Gasteiger partial charge is 0.480 e. The van der Waals surface area contributed by atoms with Crippen molar-refractivity contribution >= 4 is 30.2 Å². The van der Waals surface area contributed by atoms with E-state index in [-0.39, 0.29) is 36.2 Å². The number of nitrogens with one attached hydrogen (secondary N) is 2. The van der Waals surface area contributed by atoms with Gasteiger partial charge in [-0.15, -0.1) is 12.4 Å². The minimum atomic E-state index is -1.03. The normalized spacial score (nSPS) is 21.6. The third-order valence-corrected chi connectivity index (χ3v) is 6.27. The molecule has 30 heavy (non-hydrogen) atoms. The molecule has 0 bridgehead atoms. The molecule has 0 aliphatic carbocycles. The molecule has 1 aromatic rings. The minimum absolute atomic E-state index is 0. The van der Waals surface area contributed by atoms with E-state index in [1.807, 2.05) is 35.2 Å². The van der Waals surface area contributed by atoms with Crippen LogP contribution in [-0.2, 0) is 19.8 Å². The number of benzene rings is 1. The lowest BCUT2D eigenvalue weighted by Gasteiger charge is -2.42. The second-order valence-electron chi connectivity index (χ2n) is 8.46. The van der Waals surface area contributed by atoms with Crippen molar-refractivity contribution in [1.29, 1.82) is 0 Å². The Morgan fingerprint density at radius 2 is 1.80 bits per heavy atom. The van der Waals surface area contributed by atoms with E-state index >= 15 is 0 Å². The molecule has 2 aliphatic rings. The highest BCUT2D eigenvalue weighted by Gasteiger charge is 2.45. The van der Waals surface area contributed by atoms with Crippen molar-refractivity contribution in [3.8, 4) is 0 Å².